The van der Waals surface area contributed by atoms with Crippen molar-refractivity contribution in [2.75, 3.05) is 24.3 Å². The Labute approximate surface area is 136 Å². The molecule has 0 saturated heterocycles. The maximum absolute atomic E-state index is 12.4. The van der Waals surface area contributed by atoms with Crippen molar-refractivity contribution in [3.63, 3.8) is 0 Å². The quantitative estimate of drug-likeness (QED) is 0.794. The van der Waals surface area contributed by atoms with Crippen LogP contribution in [0.4, 0.5) is 11.4 Å². The van der Waals surface area contributed by atoms with Gasteiger partial charge >= 0.3 is 0 Å². The summed E-state index contributed by atoms with van der Waals surface area (Å²) in [4.78, 5) is 23.8. The van der Waals surface area contributed by atoms with E-state index in [2.05, 4.69) is 15.3 Å². The van der Waals surface area contributed by atoms with Crippen molar-refractivity contribution in [2.45, 2.75) is 0 Å². The lowest BCUT2D eigenvalue weighted by Gasteiger charge is -2.16. The number of aromatic nitrogens is 2. The number of anilines is 2. The van der Waals surface area contributed by atoms with Gasteiger partial charge in [-0.05, 0) is 17.5 Å². The minimum atomic E-state index is -0.214. The summed E-state index contributed by atoms with van der Waals surface area (Å²) in [5.74, 6) is -0.214. The van der Waals surface area contributed by atoms with Crippen LogP contribution < -0.4 is 10.2 Å². The Bertz CT molecular complexity index is 780. The van der Waals surface area contributed by atoms with Gasteiger partial charge in [0, 0.05) is 25.7 Å². The van der Waals surface area contributed by atoms with E-state index in [1.54, 1.807) is 35.2 Å². The van der Waals surface area contributed by atoms with Crippen LogP contribution in [0.5, 0.6) is 0 Å². The topological polar surface area (TPSA) is 58.1 Å². The number of carbonyl (C=O) groups excluding carboxylic acids is 1. The highest BCUT2D eigenvalue weighted by molar-refractivity contribution is 7.20. The van der Waals surface area contributed by atoms with Crippen molar-refractivity contribution in [2.24, 2.45) is 0 Å². The van der Waals surface area contributed by atoms with Crippen LogP contribution in [-0.4, -0.2) is 30.0 Å². The lowest BCUT2D eigenvalue weighted by molar-refractivity contribution is 0.102. The summed E-state index contributed by atoms with van der Waals surface area (Å²) >= 11 is 3.09. The van der Waals surface area contributed by atoms with Crippen molar-refractivity contribution in [3.8, 4) is 9.88 Å². The van der Waals surface area contributed by atoms with Gasteiger partial charge in [-0.1, -0.05) is 6.07 Å². The second-order valence-electron chi connectivity index (χ2n) is 4.76. The van der Waals surface area contributed by atoms with E-state index in [1.807, 2.05) is 36.5 Å². The van der Waals surface area contributed by atoms with E-state index in [1.165, 1.54) is 11.3 Å². The Morgan fingerprint density at radius 1 is 1.27 bits per heavy atom. The minimum absolute atomic E-state index is 0.214. The van der Waals surface area contributed by atoms with Crippen LogP contribution in [0.3, 0.4) is 0 Å². The number of rotatable bonds is 4. The fourth-order valence-electron chi connectivity index (χ4n) is 1.93. The molecule has 0 aliphatic rings. The number of nitrogens with zero attached hydrogens (tertiary/aromatic N) is 3. The Morgan fingerprint density at radius 2 is 2.14 bits per heavy atom. The standard InChI is InChI=1S/C15H14N4OS2/c1-19(2)12-8-16-6-5-10(12)17-14(20)11-9-22-15(18-11)13-4-3-7-21-13/h3-9H,1-2H3,(H,16,17,20). The van der Waals surface area contributed by atoms with E-state index in [0.29, 0.717) is 5.69 Å². The van der Waals surface area contributed by atoms with Gasteiger partial charge < -0.3 is 10.2 Å². The largest absolute Gasteiger partial charge is 0.375 e. The van der Waals surface area contributed by atoms with Crippen LogP contribution in [0.2, 0.25) is 0 Å². The summed E-state index contributed by atoms with van der Waals surface area (Å²) in [6.07, 6.45) is 3.37. The highest BCUT2D eigenvalue weighted by Gasteiger charge is 2.14. The van der Waals surface area contributed by atoms with Crippen LogP contribution in [0.25, 0.3) is 9.88 Å². The number of carbonyl (C=O) groups is 1. The molecule has 0 saturated carbocycles. The molecule has 22 heavy (non-hydrogen) atoms. The summed E-state index contributed by atoms with van der Waals surface area (Å²) in [6.45, 7) is 0. The summed E-state index contributed by atoms with van der Waals surface area (Å²) in [5, 5.41) is 7.53. The fraction of sp³-hybridized carbons (Fsp3) is 0.133. The zero-order valence-electron chi connectivity index (χ0n) is 12.1. The number of pyridine rings is 1. The SMILES string of the molecule is CN(C)c1cnccc1NC(=O)c1csc(-c2cccs2)n1. The van der Waals surface area contributed by atoms with Gasteiger partial charge in [-0.3, -0.25) is 9.78 Å². The molecule has 0 spiro atoms. The first-order valence-corrected chi connectivity index (χ1v) is 8.33. The molecule has 0 aromatic carbocycles. The monoisotopic (exact) mass is 330 g/mol. The third-order valence-electron chi connectivity index (χ3n) is 3.00. The predicted molar refractivity (Wildman–Crippen MR) is 91.9 cm³/mol. The van der Waals surface area contributed by atoms with Crippen LogP contribution in [0.15, 0.2) is 41.4 Å². The molecule has 0 fully saturated rings. The average molecular weight is 330 g/mol. The lowest BCUT2D eigenvalue weighted by Crippen LogP contribution is -2.17. The highest BCUT2D eigenvalue weighted by Crippen LogP contribution is 2.28. The maximum Gasteiger partial charge on any atom is 0.275 e. The molecule has 3 aromatic rings. The van der Waals surface area contributed by atoms with Crippen LogP contribution in [0, 0.1) is 0 Å². The smallest absolute Gasteiger partial charge is 0.275 e. The van der Waals surface area contributed by atoms with Gasteiger partial charge in [0.15, 0.2) is 0 Å². The van der Waals surface area contributed by atoms with Gasteiger partial charge in [0.2, 0.25) is 0 Å². The number of nitrogens with one attached hydrogen (secondary N) is 1. The summed E-state index contributed by atoms with van der Waals surface area (Å²) in [6, 6.07) is 5.75. The molecular weight excluding hydrogens is 316 g/mol. The Kier molecular flexibility index (Phi) is 4.17. The fourth-order valence-corrected chi connectivity index (χ4v) is 3.54. The molecule has 0 atom stereocenters. The predicted octanol–water partition coefficient (Wildman–Crippen LogP) is 3.58. The van der Waals surface area contributed by atoms with Crippen molar-refractivity contribution < 1.29 is 4.79 Å². The molecule has 5 nitrogen and oxygen atoms in total. The number of hydrogen-bond acceptors (Lipinski definition) is 6. The number of thiazole rings is 1. The van der Waals surface area contributed by atoms with E-state index in [4.69, 9.17) is 0 Å². The molecule has 3 heterocycles. The molecule has 0 radical (unpaired) electrons. The maximum atomic E-state index is 12.4. The first kappa shape index (κ1) is 14.7. The Hall–Kier alpha value is -2.25. The summed E-state index contributed by atoms with van der Waals surface area (Å²) in [7, 11) is 3.81. The van der Waals surface area contributed by atoms with Gasteiger partial charge in [0.25, 0.3) is 5.91 Å². The van der Waals surface area contributed by atoms with Crippen molar-refractivity contribution in [3.05, 3.63) is 47.0 Å². The molecule has 0 aliphatic carbocycles. The molecule has 3 aromatic heterocycles. The molecule has 112 valence electrons. The molecule has 1 N–H and O–H groups in total. The second-order valence-corrected chi connectivity index (χ2v) is 6.56. The van der Waals surface area contributed by atoms with Gasteiger partial charge in [-0.25, -0.2) is 4.98 Å². The van der Waals surface area contributed by atoms with Gasteiger partial charge in [-0.15, -0.1) is 22.7 Å². The first-order chi connectivity index (χ1) is 10.6. The number of hydrogen-bond donors (Lipinski definition) is 1. The van der Waals surface area contributed by atoms with E-state index < -0.39 is 0 Å². The molecule has 7 heteroatoms. The summed E-state index contributed by atoms with van der Waals surface area (Å²) in [5.41, 5.74) is 2.00. The normalized spacial score (nSPS) is 10.5. The summed E-state index contributed by atoms with van der Waals surface area (Å²) < 4.78 is 0. The third kappa shape index (κ3) is 3.00. The van der Waals surface area contributed by atoms with Gasteiger partial charge in [-0.2, -0.15) is 0 Å². The minimum Gasteiger partial charge on any atom is -0.375 e. The van der Waals surface area contributed by atoms with E-state index in [0.717, 1.165) is 21.3 Å². The zero-order valence-corrected chi connectivity index (χ0v) is 13.7. The average Bonchev–Trinajstić information content (AvgIpc) is 3.18. The zero-order chi connectivity index (χ0) is 15.5. The molecule has 0 bridgehead atoms. The third-order valence-corrected chi connectivity index (χ3v) is 4.88. The van der Waals surface area contributed by atoms with E-state index in [9.17, 15) is 4.79 Å². The Balaban J connectivity index is 1.81. The van der Waals surface area contributed by atoms with E-state index >= 15 is 0 Å². The second kappa shape index (κ2) is 6.25. The van der Waals surface area contributed by atoms with Crippen LogP contribution in [-0.2, 0) is 0 Å². The first-order valence-electron chi connectivity index (χ1n) is 6.57. The van der Waals surface area contributed by atoms with Crippen LogP contribution >= 0.6 is 22.7 Å². The number of amides is 1. The molecule has 3 rings (SSSR count). The van der Waals surface area contributed by atoms with Crippen molar-refractivity contribution in [1.29, 1.82) is 0 Å². The molecular formula is C15H14N4OS2. The van der Waals surface area contributed by atoms with Crippen LogP contribution in [0.1, 0.15) is 10.5 Å². The highest BCUT2D eigenvalue weighted by atomic mass is 32.1. The van der Waals surface area contributed by atoms with Crippen molar-refractivity contribution in [1.82, 2.24) is 9.97 Å². The molecule has 1 amide bonds. The van der Waals surface area contributed by atoms with Gasteiger partial charge in [0.05, 0.1) is 22.4 Å². The lowest BCUT2D eigenvalue weighted by atomic mass is 10.3. The van der Waals surface area contributed by atoms with E-state index in [-0.39, 0.29) is 5.91 Å². The van der Waals surface area contributed by atoms with Gasteiger partial charge in [0.1, 0.15) is 10.7 Å². The molecule has 0 unspecified atom stereocenters. The number of thiophene rings is 1. The Morgan fingerprint density at radius 3 is 2.86 bits per heavy atom. The van der Waals surface area contributed by atoms with Crippen molar-refractivity contribution >= 4 is 40.0 Å². The molecule has 0 aliphatic heterocycles.